The first kappa shape index (κ1) is 16.5. The average Bonchev–Trinajstić information content (AvgIpc) is 2.89. The van der Waals surface area contributed by atoms with Gasteiger partial charge in [0.2, 0.25) is 0 Å². The highest BCUT2D eigenvalue weighted by atomic mass is 32.1. The van der Waals surface area contributed by atoms with Crippen molar-refractivity contribution in [3.05, 3.63) is 29.1 Å². The van der Waals surface area contributed by atoms with Gasteiger partial charge in [0.1, 0.15) is 15.5 Å². The summed E-state index contributed by atoms with van der Waals surface area (Å²) in [5, 5.41) is 4.72. The Morgan fingerprint density at radius 1 is 1.38 bits per heavy atom. The normalized spacial score (nSPS) is 12.5. The molecular weight excluding hydrogens is 322 g/mol. The average molecular weight is 343 g/mol. The minimum Gasteiger partial charge on any atom is -0.494 e. The number of carbonyl (C=O) groups excluding carboxylic acids is 1. The van der Waals surface area contributed by atoms with Crippen LogP contribution in [0.25, 0.3) is 21.1 Å². The predicted octanol–water partition coefficient (Wildman–Crippen LogP) is 3.96. The van der Waals surface area contributed by atoms with Crippen LogP contribution in [0.1, 0.15) is 36.9 Å². The molecule has 2 aromatic heterocycles. The maximum atomic E-state index is 12.4. The van der Waals surface area contributed by atoms with Crippen LogP contribution in [0.3, 0.4) is 0 Å². The maximum Gasteiger partial charge on any atom is 0.263 e. The van der Waals surface area contributed by atoms with Gasteiger partial charge in [0, 0.05) is 16.8 Å². The van der Waals surface area contributed by atoms with E-state index < -0.39 is 0 Å². The van der Waals surface area contributed by atoms with E-state index in [0.29, 0.717) is 17.2 Å². The molecule has 0 bridgehead atoms. The van der Waals surface area contributed by atoms with E-state index in [0.717, 1.165) is 33.3 Å². The van der Waals surface area contributed by atoms with Crippen LogP contribution >= 0.6 is 11.3 Å². The second-order valence-corrected chi connectivity index (χ2v) is 6.76. The van der Waals surface area contributed by atoms with E-state index in [1.807, 2.05) is 45.0 Å². The number of fused-ring (bicyclic) bond motifs is 2. The Morgan fingerprint density at radius 3 is 2.88 bits per heavy atom. The lowest BCUT2D eigenvalue weighted by Gasteiger charge is -2.10. The first-order valence-electron chi connectivity index (χ1n) is 8.09. The third-order valence-corrected chi connectivity index (χ3v) is 5.11. The molecule has 0 aliphatic rings. The van der Waals surface area contributed by atoms with Gasteiger partial charge in [0.25, 0.3) is 5.91 Å². The number of hydrogen-bond acceptors (Lipinski definition) is 5. The second kappa shape index (κ2) is 6.65. The highest BCUT2D eigenvalue weighted by molar-refractivity contribution is 7.21. The van der Waals surface area contributed by atoms with Gasteiger partial charge >= 0.3 is 0 Å². The minimum atomic E-state index is -0.135. The standard InChI is InChI=1S/C18H21N3O2S/c1-4-10(3)20-17(22)16-15(19)13-9-11-8-12(23-5-2)6-7-14(11)21-18(13)24-16/h6-10H,4-5,19H2,1-3H3,(H,20,22)/t10-/m0/s1. The predicted molar refractivity (Wildman–Crippen MR) is 99.9 cm³/mol. The summed E-state index contributed by atoms with van der Waals surface area (Å²) in [7, 11) is 0. The number of nitrogens with one attached hydrogen (secondary N) is 1. The Labute approximate surface area is 144 Å². The molecule has 0 saturated heterocycles. The lowest BCUT2D eigenvalue weighted by Crippen LogP contribution is -2.31. The Kier molecular flexibility index (Phi) is 4.57. The minimum absolute atomic E-state index is 0.114. The zero-order chi connectivity index (χ0) is 17.3. The van der Waals surface area contributed by atoms with Crippen molar-refractivity contribution in [1.29, 1.82) is 0 Å². The van der Waals surface area contributed by atoms with Gasteiger partial charge in [0.05, 0.1) is 17.8 Å². The van der Waals surface area contributed by atoms with Gasteiger partial charge in [-0.3, -0.25) is 4.79 Å². The summed E-state index contributed by atoms with van der Waals surface area (Å²) in [5.41, 5.74) is 7.58. The molecule has 3 N–H and O–H groups in total. The van der Waals surface area contributed by atoms with Crippen molar-refractivity contribution in [2.75, 3.05) is 12.3 Å². The summed E-state index contributed by atoms with van der Waals surface area (Å²) in [6.07, 6.45) is 0.874. The van der Waals surface area contributed by atoms with E-state index >= 15 is 0 Å². The number of benzene rings is 1. The van der Waals surface area contributed by atoms with Crippen molar-refractivity contribution in [3.8, 4) is 5.75 Å². The number of nitrogen functional groups attached to an aromatic ring is 1. The number of hydrogen-bond donors (Lipinski definition) is 2. The van der Waals surface area contributed by atoms with E-state index in [1.54, 1.807) is 0 Å². The Hall–Kier alpha value is -2.34. The summed E-state index contributed by atoms with van der Waals surface area (Å²) in [4.78, 5) is 18.4. The van der Waals surface area contributed by atoms with Crippen molar-refractivity contribution in [2.24, 2.45) is 0 Å². The molecule has 6 heteroatoms. The molecule has 0 unspecified atom stereocenters. The monoisotopic (exact) mass is 343 g/mol. The van der Waals surface area contributed by atoms with E-state index in [-0.39, 0.29) is 11.9 Å². The summed E-state index contributed by atoms with van der Waals surface area (Å²) < 4.78 is 5.54. The quantitative estimate of drug-likeness (QED) is 0.735. The Balaban J connectivity index is 2.06. The number of carbonyl (C=O) groups is 1. The molecule has 1 atom stereocenters. The van der Waals surface area contributed by atoms with Crippen LogP contribution < -0.4 is 15.8 Å². The van der Waals surface area contributed by atoms with Gasteiger partial charge < -0.3 is 15.8 Å². The molecule has 2 heterocycles. The van der Waals surface area contributed by atoms with Crippen molar-refractivity contribution < 1.29 is 9.53 Å². The fraction of sp³-hybridized carbons (Fsp3) is 0.333. The van der Waals surface area contributed by atoms with Gasteiger partial charge in [-0.2, -0.15) is 0 Å². The maximum absolute atomic E-state index is 12.4. The van der Waals surface area contributed by atoms with Crippen molar-refractivity contribution >= 4 is 44.1 Å². The lowest BCUT2D eigenvalue weighted by atomic mass is 10.1. The highest BCUT2D eigenvalue weighted by Gasteiger charge is 2.19. The summed E-state index contributed by atoms with van der Waals surface area (Å²) in [6.45, 7) is 6.57. The molecule has 24 heavy (non-hydrogen) atoms. The van der Waals surface area contributed by atoms with E-state index in [9.17, 15) is 4.79 Å². The summed E-state index contributed by atoms with van der Waals surface area (Å²) in [6, 6.07) is 7.86. The van der Waals surface area contributed by atoms with Crippen LogP contribution in [0.15, 0.2) is 24.3 Å². The lowest BCUT2D eigenvalue weighted by molar-refractivity contribution is 0.0944. The van der Waals surface area contributed by atoms with Crippen LogP contribution in [0.2, 0.25) is 0 Å². The molecular formula is C18H21N3O2S. The number of rotatable bonds is 5. The summed E-state index contributed by atoms with van der Waals surface area (Å²) >= 11 is 1.33. The number of nitrogens with two attached hydrogens (primary N) is 1. The largest absolute Gasteiger partial charge is 0.494 e. The SMILES string of the molecule is CCOc1ccc2nc3sc(C(=O)N[C@@H](C)CC)c(N)c3cc2c1. The number of thiophene rings is 1. The number of aromatic nitrogens is 1. The van der Waals surface area contributed by atoms with Crippen molar-refractivity contribution in [2.45, 2.75) is 33.2 Å². The van der Waals surface area contributed by atoms with E-state index in [2.05, 4.69) is 10.3 Å². The van der Waals surface area contributed by atoms with Crippen LogP contribution in [0.5, 0.6) is 5.75 Å². The first-order valence-corrected chi connectivity index (χ1v) is 8.91. The van der Waals surface area contributed by atoms with Crippen molar-refractivity contribution in [3.63, 3.8) is 0 Å². The number of anilines is 1. The highest BCUT2D eigenvalue weighted by Crippen LogP contribution is 2.35. The topological polar surface area (TPSA) is 77.2 Å². The fourth-order valence-electron chi connectivity index (χ4n) is 2.50. The molecule has 0 radical (unpaired) electrons. The third-order valence-electron chi connectivity index (χ3n) is 3.99. The molecule has 5 nitrogen and oxygen atoms in total. The zero-order valence-corrected chi connectivity index (χ0v) is 14.9. The van der Waals surface area contributed by atoms with E-state index in [4.69, 9.17) is 10.5 Å². The third kappa shape index (κ3) is 3.01. The molecule has 3 aromatic rings. The molecule has 0 saturated carbocycles. The molecule has 0 spiro atoms. The van der Waals surface area contributed by atoms with E-state index in [1.165, 1.54) is 11.3 Å². The number of amides is 1. The molecule has 1 amide bonds. The Bertz CT molecular complexity index is 904. The molecule has 0 fully saturated rings. The van der Waals surface area contributed by atoms with Crippen LogP contribution in [-0.2, 0) is 0 Å². The molecule has 0 aliphatic carbocycles. The molecule has 3 rings (SSSR count). The zero-order valence-electron chi connectivity index (χ0n) is 14.1. The van der Waals surface area contributed by atoms with Gasteiger partial charge in [-0.05, 0) is 44.5 Å². The van der Waals surface area contributed by atoms with Gasteiger partial charge in [-0.25, -0.2) is 4.98 Å². The summed E-state index contributed by atoms with van der Waals surface area (Å²) in [5.74, 6) is 0.665. The number of ether oxygens (including phenoxy) is 1. The molecule has 0 aliphatic heterocycles. The fourth-order valence-corrected chi connectivity index (χ4v) is 3.49. The molecule has 126 valence electrons. The van der Waals surface area contributed by atoms with Crippen molar-refractivity contribution in [1.82, 2.24) is 10.3 Å². The van der Waals surface area contributed by atoms with Gasteiger partial charge in [-0.15, -0.1) is 11.3 Å². The van der Waals surface area contributed by atoms with Crippen LogP contribution in [-0.4, -0.2) is 23.5 Å². The smallest absolute Gasteiger partial charge is 0.263 e. The van der Waals surface area contributed by atoms with Crippen LogP contribution in [0, 0.1) is 0 Å². The van der Waals surface area contributed by atoms with Gasteiger partial charge in [0.15, 0.2) is 0 Å². The first-order chi connectivity index (χ1) is 11.5. The Morgan fingerprint density at radius 2 is 2.17 bits per heavy atom. The number of nitrogens with zero attached hydrogens (tertiary/aromatic N) is 1. The molecule has 1 aromatic carbocycles. The second-order valence-electron chi connectivity index (χ2n) is 5.76. The van der Waals surface area contributed by atoms with Crippen LogP contribution in [0.4, 0.5) is 5.69 Å². The number of pyridine rings is 1. The van der Waals surface area contributed by atoms with Gasteiger partial charge in [-0.1, -0.05) is 6.92 Å².